The number of likely N-dealkylation sites (tertiary alicyclic amines) is 1. The van der Waals surface area contributed by atoms with Crippen LogP contribution >= 0.6 is 36.2 Å². The van der Waals surface area contributed by atoms with Gasteiger partial charge in [-0.3, -0.25) is 9.69 Å². The van der Waals surface area contributed by atoms with Gasteiger partial charge in [0.15, 0.2) is 0 Å². The third-order valence-electron chi connectivity index (χ3n) is 6.64. The van der Waals surface area contributed by atoms with Gasteiger partial charge in [-0.05, 0) is 58.3 Å². The van der Waals surface area contributed by atoms with Crippen molar-refractivity contribution in [3.8, 4) is 6.07 Å². The zero-order chi connectivity index (χ0) is 23.4. The number of nitrogens with zero attached hydrogens (tertiary/aromatic N) is 4. The summed E-state index contributed by atoms with van der Waals surface area (Å²) >= 11 is 1.68. The molecule has 3 rings (SSSR count). The van der Waals surface area contributed by atoms with Crippen LogP contribution in [0.25, 0.3) is 0 Å². The molecule has 0 spiro atoms. The van der Waals surface area contributed by atoms with Gasteiger partial charge in [-0.1, -0.05) is 6.92 Å². The number of rotatable bonds is 7. The fourth-order valence-corrected chi connectivity index (χ4v) is 6.22. The van der Waals surface area contributed by atoms with Crippen molar-refractivity contribution in [1.29, 1.82) is 5.26 Å². The van der Waals surface area contributed by atoms with Crippen molar-refractivity contribution in [3.05, 3.63) is 16.0 Å². The summed E-state index contributed by atoms with van der Waals surface area (Å²) in [6.45, 7) is 4.32. The summed E-state index contributed by atoms with van der Waals surface area (Å²) < 4.78 is 0. The second kappa shape index (κ2) is 13.5. The maximum Gasteiger partial charge on any atom is 0.324 e. The molecule has 3 atom stereocenters. The Morgan fingerprint density at radius 1 is 1.24 bits per heavy atom. The molecule has 0 saturated carbocycles. The Kier molecular flexibility index (Phi) is 12.1. The number of amides is 3. The number of nitriles is 1. The molecular weight excluding hydrogens is 495 g/mol. The summed E-state index contributed by atoms with van der Waals surface area (Å²) in [5.74, 6) is 0.0239. The van der Waals surface area contributed by atoms with Gasteiger partial charge in [-0.25, -0.2) is 4.79 Å². The minimum Gasteiger partial charge on any atom is -0.379 e. The fraction of sp³-hybridized carbons (Fsp3) is 0.696. The van der Waals surface area contributed by atoms with Gasteiger partial charge < -0.3 is 20.4 Å². The predicted octanol–water partition coefficient (Wildman–Crippen LogP) is 3.05. The van der Waals surface area contributed by atoms with Crippen LogP contribution in [0.5, 0.6) is 0 Å². The standard InChI is InChI=1S/C23H36N6O2S.2ClH/c1-6-8-29(23(31)26-7-9-27(3)4)22(30)16-10-15-11-17-18(13-24)21(25-2)32-20(17)12-19(15)28(5)14-16;;/h15-16,19,25H,6-12,14H2,1-5H3,(H,26,31);2*1H/t15-,16-,19-;;/m1../s1. The Hall–Kier alpha value is -1.57. The van der Waals surface area contributed by atoms with Crippen LogP contribution in [-0.4, -0.2) is 87.0 Å². The number of fused-ring (bicyclic) bond motifs is 2. The molecule has 0 unspecified atom stereocenters. The van der Waals surface area contributed by atoms with Crippen molar-refractivity contribution in [3.63, 3.8) is 0 Å². The largest absolute Gasteiger partial charge is 0.379 e. The molecule has 1 aromatic heterocycles. The maximum atomic E-state index is 13.4. The van der Waals surface area contributed by atoms with E-state index in [2.05, 4.69) is 28.7 Å². The Morgan fingerprint density at radius 3 is 2.53 bits per heavy atom. The molecule has 0 radical (unpaired) electrons. The number of halogens is 2. The van der Waals surface area contributed by atoms with Crippen LogP contribution in [0.4, 0.5) is 9.80 Å². The van der Waals surface area contributed by atoms with Crippen molar-refractivity contribution in [1.82, 2.24) is 20.0 Å². The molecule has 8 nitrogen and oxygen atoms in total. The second-order valence-corrected chi connectivity index (χ2v) is 10.3. The van der Waals surface area contributed by atoms with E-state index in [1.807, 2.05) is 33.0 Å². The van der Waals surface area contributed by atoms with E-state index in [0.717, 1.165) is 48.4 Å². The first-order chi connectivity index (χ1) is 15.3. The van der Waals surface area contributed by atoms with Crippen LogP contribution in [0.2, 0.25) is 0 Å². The molecule has 2 heterocycles. The first kappa shape index (κ1) is 30.5. The quantitative estimate of drug-likeness (QED) is 0.560. The average molecular weight is 534 g/mol. The highest BCUT2D eigenvalue weighted by Gasteiger charge is 2.43. The van der Waals surface area contributed by atoms with E-state index in [0.29, 0.717) is 31.6 Å². The average Bonchev–Trinajstić information content (AvgIpc) is 3.11. The number of carbonyl (C=O) groups is 2. The monoisotopic (exact) mass is 532 g/mol. The van der Waals surface area contributed by atoms with Crippen molar-refractivity contribution in [2.75, 3.05) is 59.7 Å². The van der Waals surface area contributed by atoms with Crippen molar-refractivity contribution in [2.24, 2.45) is 11.8 Å². The Balaban J connectivity index is 0.00000289. The zero-order valence-electron chi connectivity index (χ0n) is 20.7. The lowest BCUT2D eigenvalue weighted by atomic mass is 9.74. The number of piperidine rings is 1. The topological polar surface area (TPSA) is 91.7 Å². The molecule has 3 amide bonds. The Morgan fingerprint density at radius 2 is 1.94 bits per heavy atom. The van der Waals surface area contributed by atoms with Crippen molar-refractivity contribution < 1.29 is 9.59 Å². The highest BCUT2D eigenvalue weighted by atomic mass is 35.5. The maximum absolute atomic E-state index is 13.4. The lowest BCUT2D eigenvalue weighted by Gasteiger charge is -2.45. The second-order valence-electron chi connectivity index (χ2n) is 9.20. The van der Waals surface area contributed by atoms with E-state index >= 15 is 0 Å². The van der Waals surface area contributed by atoms with Crippen LogP contribution < -0.4 is 10.6 Å². The number of carbonyl (C=O) groups excluding carboxylic acids is 2. The molecule has 1 saturated heterocycles. The van der Waals surface area contributed by atoms with Gasteiger partial charge >= 0.3 is 6.03 Å². The van der Waals surface area contributed by atoms with E-state index in [1.165, 1.54) is 9.78 Å². The molecule has 192 valence electrons. The van der Waals surface area contributed by atoms with Crippen molar-refractivity contribution in [2.45, 2.75) is 38.6 Å². The first-order valence-corrected chi connectivity index (χ1v) is 12.3. The summed E-state index contributed by atoms with van der Waals surface area (Å²) in [6.07, 6.45) is 3.23. The van der Waals surface area contributed by atoms with E-state index < -0.39 is 0 Å². The van der Waals surface area contributed by atoms with Gasteiger partial charge in [0.2, 0.25) is 5.91 Å². The molecule has 1 aliphatic heterocycles. The van der Waals surface area contributed by atoms with Crippen LogP contribution in [-0.2, 0) is 17.6 Å². The number of nitrogens with one attached hydrogen (secondary N) is 2. The van der Waals surface area contributed by atoms with E-state index in [9.17, 15) is 14.9 Å². The molecule has 1 aliphatic carbocycles. The SMILES string of the molecule is CCCN(C(=O)NCCN(C)C)C(=O)[C@@H]1C[C@@H]2Cc3c(sc(NC)c3C#N)C[C@H]2N(C)C1.Cl.Cl. The summed E-state index contributed by atoms with van der Waals surface area (Å²) in [5.41, 5.74) is 1.91. The molecule has 11 heteroatoms. The summed E-state index contributed by atoms with van der Waals surface area (Å²) in [5, 5.41) is 16.7. The highest BCUT2D eigenvalue weighted by Crippen LogP contribution is 2.43. The molecule has 34 heavy (non-hydrogen) atoms. The molecule has 1 aromatic rings. The zero-order valence-corrected chi connectivity index (χ0v) is 23.2. The lowest BCUT2D eigenvalue weighted by Crippen LogP contribution is -2.55. The minimum atomic E-state index is -0.294. The number of hydrogen-bond acceptors (Lipinski definition) is 7. The number of imide groups is 1. The van der Waals surface area contributed by atoms with Crippen LogP contribution in [0.15, 0.2) is 0 Å². The van der Waals surface area contributed by atoms with E-state index in [1.54, 1.807) is 11.3 Å². The van der Waals surface area contributed by atoms with Crippen LogP contribution in [0.1, 0.15) is 35.8 Å². The van der Waals surface area contributed by atoms with Crippen LogP contribution in [0.3, 0.4) is 0 Å². The summed E-state index contributed by atoms with van der Waals surface area (Å²) in [4.78, 5) is 33.2. The minimum absolute atomic E-state index is 0. The third-order valence-corrected chi connectivity index (χ3v) is 7.91. The molecular formula is C23H38Cl2N6O2S. The van der Waals surface area contributed by atoms with Gasteiger partial charge in [0, 0.05) is 44.1 Å². The normalized spacial score (nSPS) is 21.3. The number of urea groups is 1. The van der Waals surface area contributed by atoms with Crippen molar-refractivity contribution >= 4 is 53.1 Å². The molecule has 0 aromatic carbocycles. The smallest absolute Gasteiger partial charge is 0.324 e. The first-order valence-electron chi connectivity index (χ1n) is 11.5. The molecule has 1 fully saturated rings. The van der Waals surface area contributed by atoms with Gasteiger partial charge in [0.25, 0.3) is 0 Å². The summed E-state index contributed by atoms with van der Waals surface area (Å²) in [7, 11) is 7.85. The lowest BCUT2D eigenvalue weighted by molar-refractivity contribution is -0.136. The van der Waals surface area contributed by atoms with Gasteiger partial charge in [0.05, 0.1) is 11.5 Å². The number of likely N-dealkylation sites (N-methyl/N-ethyl adjacent to an activating group) is 2. The highest BCUT2D eigenvalue weighted by molar-refractivity contribution is 7.16. The fourth-order valence-electron chi connectivity index (χ4n) is 5.04. The van der Waals surface area contributed by atoms with E-state index in [-0.39, 0.29) is 42.7 Å². The Labute approximate surface area is 219 Å². The summed E-state index contributed by atoms with van der Waals surface area (Å²) in [6, 6.07) is 2.45. The predicted molar refractivity (Wildman–Crippen MR) is 142 cm³/mol. The van der Waals surface area contributed by atoms with Gasteiger partial charge in [-0.2, -0.15) is 5.26 Å². The van der Waals surface area contributed by atoms with Gasteiger partial charge in [-0.15, -0.1) is 36.2 Å². The molecule has 2 N–H and O–H groups in total. The van der Waals surface area contributed by atoms with Crippen LogP contribution in [0, 0.1) is 23.2 Å². The van der Waals surface area contributed by atoms with Gasteiger partial charge in [0.1, 0.15) is 11.1 Å². The third kappa shape index (κ3) is 6.55. The Bertz CT molecular complexity index is 888. The molecule has 0 bridgehead atoms. The number of thiophene rings is 1. The number of hydrogen-bond donors (Lipinski definition) is 2. The van der Waals surface area contributed by atoms with E-state index in [4.69, 9.17) is 0 Å². The molecule has 2 aliphatic rings. The number of anilines is 1.